The maximum absolute atomic E-state index is 12.0. The van der Waals surface area contributed by atoms with Crippen molar-refractivity contribution in [3.63, 3.8) is 0 Å². The summed E-state index contributed by atoms with van der Waals surface area (Å²) >= 11 is 0. The Morgan fingerprint density at radius 2 is 2.14 bits per heavy atom. The van der Waals surface area contributed by atoms with Gasteiger partial charge in [-0.1, -0.05) is 25.0 Å². The van der Waals surface area contributed by atoms with Crippen molar-refractivity contribution in [2.45, 2.75) is 51.0 Å². The minimum absolute atomic E-state index is 0.145. The molecule has 116 valence electrons. The summed E-state index contributed by atoms with van der Waals surface area (Å²) in [6.07, 6.45) is 6.75. The van der Waals surface area contributed by atoms with Gasteiger partial charge in [0.1, 0.15) is 5.75 Å². The number of amides is 1. The monoisotopic (exact) mass is 290 g/mol. The molecular weight excluding hydrogens is 264 g/mol. The lowest BCUT2D eigenvalue weighted by Crippen LogP contribution is -2.26. The van der Waals surface area contributed by atoms with Gasteiger partial charge < -0.3 is 15.8 Å². The summed E-state index contributed by atoms with van der Waals surface area (Å²) < 4.78 is 5.39. The molecule has 0 radical (unpaired) electrons. The summed E-state index contributed by atoms with van der Waals surface area (Å²) in [6.45, 7) is 0.743. The Morgan fingerprint density at radius 3 is 2.90 bits per heavy atom. The minimum Gasteiger partial charge on any atom is -0.496 e. The molecule has 0 aromatic heterocycles. The van der Waals surface area contributed by atoms with Gasteiger partial charge in [0.25, 0.3) is 0 Å². The van der Waals surface area contributed by atoms with Crippen LogP contribution in [-0.4, -0.2) is 19.6 Å². The number of carbonyl (C=O) groups is 1. The highest BCUT2D eigenvalue weighted by Gasteiger charge is 2.25. The van der Waals surface area contributed by atoms with Crippen molar-refractivity contribution < 1.29 is 9.53 Å². The predicted molar refractivity (Wildman–Crippen MR) is 84.3 cm³/mol. The lowest BCUT2D eigenvalue weighted by Gasteiger charge is -2.15. The molecule has 1 unspecified atom stereocenters. The third-order valence-electron chi connectivity index (χ3n) is 4.14. The first kappa shape index (κ1) is 15.8. The number of hydrogen-bond acceptors (Lipinski definition) is 3. The van der Waals surface area contributed by atoms with Gasteiger partial charge in [0.15, 0.2) is 0 Å². The van der Waals surface area contributed by atoms with Crippen LogP contribution in [-0.2, 0) is 11.2 Å². The van der Waals surface area contributed by atoms with Gasteiger partial charge >= 0.3 is 0 Å². The molecule has 0 bridgehead atoms. The maximum atomic E-state index is 12.0. The van der Waals surface area contributed by atoms with Crippen LogP contribution < -0.4 is 15.8 Å². The van der Waals surface area contributed by atoms with Gasteiger partial charge in [0.05, 0.1) is 13.2 Å². The molecule has 4 heteroatoms. The zero-order chi connectivity index (χ0) is 15.1. The van der Waals surface area contributed by atoms with Crippen LogP contribution in [0.15, 0.2) is 18.2 Å². The number of nitrogens with one attached hydrogen (secondary N) is 1. The number of hydrogen-bond donors (Lipinski definition) is 2. The Labute approximate surface area is 127 Å². The van der Waals surface area contributed by atoms with E-state index in [1.165, 1.54) is 11.1 Å². The molecule has 4 nitrogen and oxygen atoms in total. The molecule has 0 saturated carbocycles. The molecule has 2 rings (SSSR count). The molecule has 1 aliphatic rings. The smallest absolute Gasteiger partial charge is 0.220 e. The molecule has 1 atom stereocenters. The molecule has 1 amide bonds. The minimum atomic E-state index is 0.145. The standard InChI is InChI=1S/C17H26N2O2/c1-21-16-8-6-7-13-14(16)10-11-15(13)19-17(20)9-4-2-3-5-12-18/h6-8,15H,2-5,9-12,18H2,1H3,(H,19,20). The molecule has 0 fully saturated rings. The lowest BCUT2D eigenvalue weighted by molar-refractivity contribution is -0.121. The van der Waals surface area contributed by atoms with Gasteiger partial charge in [-0.25, -0.2) is 0 Å². The first-order chi connectivity index (χ1) is 10.3. The van der Waals surface area contributed by atoms with Crippen LogP contribution in [0.25, 0.3) is 0 Å². The summed E-state index contributed by atoms with van der Waals surface area (Å²) in [5.41, 5.74) is 7.92. The Bertz CT molecular complexity index is 474. The van der Waals surface area contributed by atoms with Gasteiger partial charge in [-0.05, 0) is 49.4 Å². The normalized spacial score (nSPS) is 16.6. The molecule has 21 heavy (non-hydrogen) atoms. The molecule has 0 spiro atoms. The Kier molecular flexibility index (Phi) is 6.05. The molecule has 1 aromatic carbocycles. The van der Waals surface area contributed by atoms with Crippen LogP contribution in [0.3, 0.4) is 0 Å². The molecular formula is C17H26N2O2. The lowest BCUT2D eigenvalue weighted by atomic mass is 10.1. The van der Waals surface area contributed by atoms with Crippen molar-refractivity contribution in [1.82, 2.24) is 5.32 Å². The topological polar surface area (TPSA) is 64.3 Å². The summed E-state index contributed by atoms with van der Waals surface area (Å²) in [5, 5.41) is 3.16. The number of ether oxygens (including phenoxy) is 1. The number of methoxy groups -OCH3 is 1. The second-order valence-electron chi connectivity index (χ2n) is 5.64. The summed E-state index contributed by atoms with van der Waals surface area (Å²) in [4.78, 5) is 12.0. The van der Waals surface area contributed by atoms with Crippen LogP contribution in [0, 0.1) is 0 Å². The quantitative estimate of drug-likeness (QED) is 0.724. The largest absolute Gasteiger partial charge is 0.496 e. The highest BCUT2D eigenvalue weighted by molar-refractivity contribution is 5.76. The van der Waals surface area contributed by atoms with E-state index in [1.54, 1.807) is 7.11 Å². The van der Waals surface area contributed by atoms with E-state index in [4.69, 9.17) is 10.5 Å². The predicted octanol–water partition coefficient (Wildman–Crippen LogP) is 2.71. The third-order valence-corrected chi connectivity index (χ3v) is 4.14. The van der Waals surface area contributed by atoms with Crippen LogP contribution in [0.1, 0.15) is 55.7 Å². The van der Waals surface area contributed by atoms with Crippen LogP contribution in [0.4, 0.5) is 0 Å². The first-order valence-electron chi connectivity index (χ1n) is 7.91. The van der Waals surface area contributed by atoms with E-state index >= 15 is 0 Å². The first-order valence-corrected chi connectivity index (χ1v) is 7.91. The van der Waals surface area contributed by atoms with Crippen LogP contribution in [0.2, 0.25) is 0 Å². The zero-order valence-corrected chi connectivity index (χ0v) is 12.9. The third kappa shape index (κ3) is 4.21. The highest BCUT2D eigenvalue weighted by atomic mass is 16.5. The van der Waals surface area contributed by atoms with Crippen LogP contribution >= 0.6 is 0 Å². The fourth-order valence-electron chi connectivity index (χ4n) is 3.01. The van der Waals surface area contributed by atoms with E-state index < -0.39 is 0 Å². The highest BCUT2D eigenvalue weighted by Crippen LogP contribution is 2.36. The van der Waals surface area contributed by atoms with E-state index in [-0.39, 0.29) is 11.9 Å². The van der Waals surface area contributed by atoms with Crippen molar-refractivity contribution in [1.29, 1.82) is 0 Å². The van der Waals surface area contributed by atoms with Crippen molar-refractivity contribution in [2.75, 3.05) is 13.7 Å². The molecule has 1 aliphatic carbocycles. The van der Waals surface area contributed by atoms with E-state index in [2.05, 4.69) is 11.4 Å². The van der Waals surface area contributed by atoms with Crippen LogP contribution in [0.5, 0.6) is 5.75 Å². The molecule has 1 aromatic rings. The molecule has 3 N–H and O–H groups in total. The second kappa shape index (κ2) is 8.03. The summed E-state index contributed by atoms with van der Waals surface area (Å²) in [5.74, 6) is 1.09. The van der Waals surface area contributed by atoms with E-state index in [0.717, 1.165) is 50.8 Å². The van der Waals surface area contributed by atoms with Gasteiger partial charge in [-0.3, -0.25) is 4.79 Å². The fraction of sp³-hybridized carbons (Fsp3) is 0.588. The number of rotatable bonds is 8. The molecule has 0 saturated heterocycles. The van der Waals surface area contributed by atoms with Crippen molar-refractivity contribution in [2.24, 2.45) is 5.73 Å². The maximum Gasteiger partial charge on any atom is 0.220 e. The Hall–Kier alpha value is -1.55. The second-order valence-corrected chi connectivity index (χ2v) is 5.64. The average molecular weight is 290 g/mol. The Morgan fingerprint density at radius 1 is 1.33 bits per heavy atom. The van der Waals surface area contributed by atoms with E-state index in [1.807, 2.05) is 12.1 Å². The number of fused-ring (bicyclic) bond motifs is 1. The molecule has 0 heterocycles. The van der Waals surface area contributed by atoms with Gasteiger partial charge in [-0.2, -0.15) is 0 Å². The number of unbranched alkanes of at least 4 members (excludes halogenated alkanes) is 3. The van der Waals surface area contributed by atoms with Gasteiger partial charge in [-0.15, -0.1) is 0 Å². The number of carbonyl (C=O) groups excluding carboxylic acids is 1. The zero-order valence-electron chi connectivity index (χ0n) is 12.9. The van der Waals surface area contributed by atoms with Crippen molar-refractivity contribution in [3.8, 4) is 5.75 Å². The number of nitrogens with two attached hydrogens (primary N) is 1. The summed E-state index contributed by atoms with van der Waals surface area (Å²) in [6, 6.07) is 6.22. The average Bonchev–Trinajstić information content (AvgIpc) is 2.90. The van der Waals surface area contributed by atoms with E-state index in [9.17, 15) is 4.79 Å². The van der Waals surface area contributed by atoms with E-state index in [0.29, 0.717) is 6.42 Å². The number of benzene rings is 1. The van der Waals surface area contributed by atoms with Gasteiger partial charge in [0.2, 0.25) is 5.91 Å². The summed E-state index contributed by atoms with van der Waals surface area (Å²) in [7, 11) is 1.70. The van der Waals surface area contributed by atoms with Crippen molar-refractivity contribution >= 4 is 5.91 Å². The molecule has 0 aliphatic heterocycles. The fourth-order valence-corrected chi connectivity index (χ4v) is 3.01. The SMILES string of the molecule is COc1cccc2c1CCC2NC(=O)CCCCCCN. The van der Waals surface area contributed by atoms with Gasteiger partial charge in [0, 0.05) is 6.42 Å². The van der Waals surface area contributed by atoms with Crippen molar-refractivity contribution in [3.05, 3.63) is 29.3 Å². The Balaban J connectivity index is 1.82.